The van der Waals surface area contributed by atoms with Crippen molar-refractivity contribution in [2.45, 2.75) is 207 Å². The monoisotopic (exact) mass is 566 g/mol. The van der Waals surface area contributed by atoms with Crippen LogP contribution in [0, 0.1) is 0 Å². The molecule has 0 bridgehead atoms. The van der Waals surface area contributed by atoms with E-state index in [2.05, 4.69) is 27.7 Å². The van der Waals surface area contributed by atoms with E-state index in [1.807, 2.05) is 0 Å². The molecule has 0 spiro atoms. The van der Waals surface area contributed by atoms with Crippen molar-refractivity contribution in [1.29, 1.82) is 0 Å². The van der Waals surface area contributed by atoms with Crippen LogP contribution >= 0.6 is 0 Å². The van der Waals surface area contributed by atoms with Crippen LogP contribution in [0.5, 0.6) is 0 Å². The summed E-state index contributed by atoms with van der Waals surface area (Å²) in [6, 6.07) is 0. The van der Waals surface area contributed by atoms with Gasteiger partial charge in [-0.2, -0.15) is 0 Å². The summed E-state index contributed by atoms with van der Waals surface area (Å²) in [5.41, 5.74) is 0. The maximum Gasteiger partial charge on any atom is 0.306 e. The topological polar surface area (TPSA) is 69.7 Å². The summed E-state index contributed by atoms with van der Waals surface area (Å²) in [6.07, 6.45) is 25.2. The van der Waals surface area contributed by atoms with E-state index < -0.39 is 0 Å². The number of hydrogen-bond donors (Lipinski definition) is 0. The van der Waals surface area contributed by atoms with E-state index >= 15 is 0 Å². The number of ketones is 1. The zero-order chi connectivity index (χ0) is 29.7. The van der Waals surface area contributed by atoms with Gasteiger partial charge in [-0.3, -0.25) is 14.4 Å². The number of carbonyl (C=O) groups is 3. The van der Waals surface area contributed by atoms with Gasteiger partial charge < -0.3 is 9.47 Å². The second kappa shape index (κ2) is 29.1. The highest BCUT2D eigenvalue weighted by Crippen LogP contribution is 2.18. The summed E-state index contributed by atoms with van der Waals surface area (Å²) >= 11 is 0. The Bertz CT molecular complexity index is 579. The van der Waals surface area contributed by atoms with Gasteiger partial charge in [-0.25, -0.2) is 0 Å². The zero-order valence-corrected chi connectivity index (χ0v) is 27.1. The fourth-order valence-electron chi connectivity index (χ4n) is 5.19. The summed E-state index contributed by atoms with van der Waals surface area (Å²) < 4.78 is 11.6. The molecule has 0 rings (SSSR count). The molecular formula is C35H66O5. The Morgan fingerprint density at radius 2 is 0.700 bits per heavy atom. The minimum absolute atomic E-state index is 0.0174. The second-order valence-electron chi connectivity index (χ2n) is 11.9. The van der Waals surface area contributed by atoms with E-state index in [4.69, 9.17) is 9.47 Å². The Labute approximate surface area is 248 Å². The first kappa shape index (κ1) is 38.6. The Hall–Kier alpha value is -1.39. The first-order chi connectivity index (χ1) is 19.5. The fourth-order valence-corrected chi connectivity index (χ4v) is 5.19. The van der Waals surface area contributed by atoms with Crippen LogP contribution in [0.4, 0.5) is 0 Å². The van der Waals surface area contributed by atoms with Crippen LogP contribution < -0.4 is 0 Å². The highest BCUT2D eigenvalue weighted by atomic mass is 16.5. The van der Waals surface area contributed by atoms with E-state index in [1.165, 1.54) is 64.2 Å². The lowest BCUT2D eigenvalue weighted by Gasteiger charge is -2.18. The number of carbonyl (C=O) groups excluding carboxylic acids is 3. The van der Waals surface area contributed by atoms with E-state index in [-0.39, 0.29) is 29.9 Å². The van der Waals surface area contributed by atoms with E-state index in [1.54, 1.807) is 0 Å². The van der Waals surface area contributed by atoms with Gasteiger partial charge in [0.15, 0.2) is 0 Å². The fraction of sp³-hybridized carbons (Fsp3) is 0.914. The van der Waals surface area contributed by atoms with Gasteiger partial charge in [0.05, 0.1) is 0 Å². The van der Waals surface area contributed by atoms with Crippen molar-refractivity contribution in [3.8, 4) is 0 Å². The summed E-state index contributed by atoms with van der Waals surface area (Å²) in [5, 5.41) is 0. The normalized spacial score (nSPS) is 11.3. The Kier molecular flexibility index (Phi) is 28.1. The molecule has 0 aromatic carbocycles. The number of Topliss-reactive ketones (excluding diaryl/α,β-unsaturated/α-hetero) is 1. The van der Waals surface area contributed by atoms with Crippen molar-refractivity contribution < 1.29 is 23.9 Å². The predicted octanol–water partition coefficient (Wildman–Crippen LogP) is 10.6. The molecule has 0 aliphatic rings. The molecule has 0 saturated heterocycles. The molecule has 5 heteroatoms. The Balaban J connectivity index is 4.25. The van der Waals surface area contributed by atoms with Crippen molar-refractivity contribution in [1.82, 2.24) is 0 Å². The number of ether oxygens (including phenoxy) is 2. The van der Waals surface area contributed by atoms with Crippen molar-refractivity contribution in [2.24, 2.45) is 0 Å². The third kappa shape index (κ3) is 25.6. The second-order valence-corrected chi connectivity index (χ2v) is 11.9. The van der Waals surface area contributed by atoms with Crippen LogP contribution in [0.3, 0.4) is 0 Å². The molecule has 0 saturated carbocycles. The van der Waals surface area contributed by atoms with Crippen molar-refractivity contribution >= 4 is 17.7 Å². The van der Waals surface area contributed by atoms with E-state index in [0.717, 1.165) is 64.2 Å². The molecule has 0 radical (unpaired) electrons. The van der Waals surface area contributed by atoms with E-state index in [0.29, 0.717) is 38.5 Å². The minimum Gasteiger partial charge on any atom is -0.462 e. The van der Waals surface area contributed by atoms with Gasteiger partial charge in [-0.05, 0) is 64.2 Å². The lowest BCUT2D eigenvalue weighted by Crippen LogP contribution is -2.19. The van der Waals surface area contributed by atoms with Gasteiger partial charge in [-0.15, -0.1) is 0 Å². The van der Waals surface area contributed by atoms with Gasteiger partial charge in [0.25, 0.3) is 0 Å². The number of rotatable bonds is 30. The third-order valence-electron chi connectivity index (χ3n) is 7.79. The average molecular weight is 567 g/mol. The number of unbranched alkanes of at least 4 members (excludes halogenated alkanes) is 12. The highest BCUT2D eigenvalue weighted by Gasteiger charge is 2.16. The first-order valence-corrected chi connectivity index (χ1v) is 17.4. The van der Waals surface area contributed by atoms with Crippen LogP contribution in [0.1, 0.15) is 195 Å². The predicted molar refractivity (Wildman–Crippen MR) is 168 cm³/mol. The maximum absolute atomic E-state index is 12.5. The standard InChI is InChI=1S/C35H66O5/c1-5-9-13-15-19-27-33(28-20-16-14-10-6-2)40-35(38)30-22-24-31(36)23-21-29-34(37)39-32(25-17-11-7-3)26-18-12-8-4/h32-33H,5-30H2,1-4H3. The molecule has 0 aliphatic carbocycles. The third-order valence-corrected chi connectivity index (χ3v) is 7.79. The molecular weight excluding hydrogens is 500 g/mol. The lowest BCUT2D eigenvalue weighted by molar-refractivity contribution is -0.150. The lowest BCUT2D eigenvalue weighted by atomic mass is 10.0. The van der Waals surface area contributed by atoms with Gasteiger partial charge in [0.2, 0.25) is 0 Å². The maximum atomic E-state index is 12.5. The Morgan fingerprint density at radius 3 is 1.05 bits per heavy atom. The van der Waals surface area contributed by atoms with E-state index in [9.17, 15) is 14.4 Å². The van der Waals surface area contributed by atoms with Crippen molar-refractivity contribution in [2.75, 3.05) is 0 Å². The summed E-state index contributed by atoms with van der Waals surface area (Å²) in [6.45, 7) is 8.81. The number of esters is 2. The van der Waals surface area contributed by atoms with Crippen molar-refractivity contribution in [3.63, 3.8) is 0 Å². The molecule has 5 nitrogen and oxygen atoms in total. The molecule has 40 heavy (non-hydrogen) atoms. The summed E-state index contributed by atoms with van der Waals surface area (Å²) in [5.74, 6) is -0.225. The highest BCUT2D eigenvalue weighted by molar-refractivity contribution is 5.79. The molecule has 0 aliphatic heterocycles. The van der Waals surface area contributed by atoms with Gasteiger partial charge >= 0.3 is 11.9 Å². The molecule has 0 heterocycles. The van der Waals surface area contributed by atoms with Crippen molar-refractivity contribution in [3.05, 3.63) is 0 Å². The molecule has 0 aromatic rings. The minimum atomic E-state index is -0.176. The van der Waals surface area contributed by atoms with Crippen LogP contribution in [0.15, 0.2) is 0 Å². The average Bonchev–Trinajstić information content (AvgIpc) is 2.92. The molecule has 0 aromatic heterocycles. The molecule has 0 atom stereocenters. The zero-order valence-electron chi connectivity index (χ0n) is 27.1. The SMILES string of the molecule is CCCCCCCC(CCCCCCC)OC(=O)CCCC(=O)CCCC(=O)OC(CCCCC)CCCCC. The molecule has 0 N–H and O–H groups in total. The van der Waals surface area contributed by atoms with Crippen LogP contribution in [0.2, 0.25) is 0 Å². The molecule has 0 unspecified atom stereocenters. The van der Waals surface area contributed by atoms with Gasteiger partial charge in [-0.1, -0.05) is 105 Å². The first-order valence-electron chi connectivity index (χ1n) is 17.4. The quantitative estimate of drug-likeness (QED) is 0.0639. The molecule has 0 fully saturated rings. The number of hydrogen-bond acceptors (Lipinski definition) is 5. The van der Waals surface area contributed by atoms with Crippen LogP contribution in [-0.4, -0.2) is 29.9 Å². The molecule has 236 valence electrons. The van der Waals surface area contributed by atoms with Crippen LogP contribution in [0.25, 0.3) is 0 Å². The smallest absolute Gasteiger partial charge is 0.306 e. The summed E-state index contributed by atoms with van der Waals surface area (Å²) in [4.78, 5) is 37.2. The molecule has 0 amide bonds. The van der Waals surface area contributed by atoms with Gasteiger partial charge in [0, 0.05) is 25.7 Å². The van der Waals surface area contributed by atoms with Crippen LogP contribution in [-0.2, 0) is 23.9 Å². The van der Waals surface area contributed by atoms with Gasteiger partial charge in [0.1, 0.15) is 18.0 Å². The Morgan fingerprint density at radius 1 is 0.400 bits per heavy atom. The largest absolute Gasteiger partial charge is 0.462 e. The summed E-state index contributed by atoms with van der Waals surface area (Å²) in [7, 11) is 0.